The maximum absolute atomic E-state index is 12.8. The third kappa shape index (κ3) is 3.56. The number of benzene rings is 2. The Balaban J connectivity index is 2.65. The standard InChI is InChI=1S/C13H6F4N2O5/c14-8-1-3-9(4-2-8)24-12-10(18(20)21)5-7(13(15,16)17)6-11(12)19(22)23/h1-6H. The van der Waals surface area contributed by atoms with Gasteiger partial charge in [0, 0.05) is 12.1 Å². The number of nitro benzene ring substituents is 2. The van der Waals surface area contributed by atoms with Gasteiger partial charge in [-0.25, -0.2) is 4.39 Å². The highest BCUT2D eigenvalue weighted by atomic mass is 19.4. The van der Waals surface area contributed by atoms with Crippen LogP contribution in [0.15, 0.2) is 36.4 Å². The summed E-state index contributed by atoms with van der Waals surface area (Å²) < 4.78 is 56.0. The van der Waals surface area contributed by atoms with E-state index in [9.17, 15) is 37.8 Å². The van der Waals surface area contributed by atoms with Crippen LogP contribution in [0.2, 0.25) is 0 Å². The van der Waals surface area contributed by atoms with E-state index in [2.05, 4.69) is 0 Å². The van der Waals surface area contributed by atoms with Crippen molar-refractivity contribution in [2.75, 3.05) is 0 Å². The summed E-state index contributed by atoms with van der Waals surface area (Å²) in [6.07, 6.45) is -5.02. The molecule has 0 aliphatic carbocycles. The number of rotatable bonds is 4. The SMILES string of the molecule is O=[N+]([O-])c1cc(C(F)(F)F)cc([N+](=O)[O-])c1Oc1ccc(F)cc1. The molecule has 2 aromatic rings. The summed E-state index contributed by atoms with van der Waals surface area (Å²) in [6, 6.07) is 4.12. The summed E-state index contributed by atoms with van der Waals surface area (Å²) in [5.41, 5.74) is -4.03. The molecular formula is C13H6F4N2O5. The van der Waals surface area contributed by atoms with Gasteiger partial charge in [0.15, 0.2) is 0 Å². The summed E-state index contributed by atoms with van der Waals surface area (Å²) in [7, 11) is 0. The van der Waals surface area contributed by atoms with Crippen molar-refractivity contribution >= 4 is 11.4 Å². The van der Waals surface area contributed by atoms with Gasteiger partial charge in [0.2, 0.25) is 0 Å². The lowest BCUT2D eigenvalue weighted by molar-refractivity contribution is -0.396. The molecule has 0 spiro atoms. The molecule has 0 aliphatic rings. The Labute approximate surface area is 130 Å². The fourth-order valence-corrected chi connectivity index (χ4v) is 1.76. The van der Waals surface area contributed by atoms with E-state index in [0.717, 1.165) is 24.3 Å². The molecule has 0 radical (unpaired) electrons. The van der Waals surface area contributed by atoms with Crippen LogP contribution in [0.1, 0.15) is 5.56 Å². The zero-order valence-electron chi connectivity index (χ0n) is 11.4. The molecule has 0 atom stereocenters. The minimum absolute atomic E-state index is 0.131. The van der Waals surface area contributed by atoms with E-state index in [1.165, 1.54) is 0 Å². The van der Waals surface area contributed by atoms with Crippen LogP contribution in [0.4, 0.5) is 28.9 Å². The van der Waals surface area contributed by atoms with E-state index in [0.29, 0.717) is 0 Å². The minimum atomic E-state index is -5.02. The molecule has 0 N–H and O–H groups in total. The van der Waals surface area contributed by atoms with Gasteiger partial charge in [-0.3, -0.25) is 20.2 Å². The molecule has 7 nitrogen and oxygen atoms in total. The summed E-state index contributed by atoms with van der Waals surface area (Å²) in [5.74, 6) is -1.87. The molecule has 0 aliphatic heterocycles. The highest BCUT2D eigenvalue weighted by molar-refractivity contribution is 5.63. The van der Waals surface area contributed by atoms with Gasteiger partial charge >= 0.3 is 17.6 Å². The first kappa shape index (κ1) is 17.1. The minimum Gasteiger partial charge on any atom is -0.444 e. The fourth-order valence-electron chi connectivity index (χ4n) is 1.76. The van der Waals surface area contributed by atoms with Crippen molar-refractivity contribution in [1.82, 2.24) is 0 Å². The lowest BCUT2D eigenvalue weighted by Crippen LogP contribution is -2.08. The smallest absolute Gasteiger partial charge is 0.416 e. The second-order valence-electron chi connectivity index (χ2n) is 4.41. The number of hydrogen-bond acceptors (Lipinski definition) is 5. The van der Waals surface area contributed by atoms with Gasteiger partial charge in [-0.1, -0.05) is 0 Å². The van der Waals surface area contributed by atoms with Crippen molar-refractivity contribution in [2.24, 2.45) is 0 Å². The zero-order valence-corrected chi connectivity index (χ0v) is 11.4. The highest BCUT2D eigenvalue weighted by Gasteiger charge is 2.38. The summed E-state index contributed by atoms with van der Waals surface area (Å²) in [6.45, 7) is 0. The van der Waals surface area contributed by atoms with Gasteiger partial charge < -0.3 is 4.74 Å². The molecule has 0 aromatic heterocycles. The molecule has 11 heteroatoms. The Kier molecular flexibility index (Phi) is 4.35. The van der Waals surface area contributed by atoms with Gasteiger partial charge in [0.05, 0.1) is 15.4 Å². The molecule has 2 aromatic carbocycles. The lowest BCUT2D eigenvalue weighted by atomic mass is 10.1. The van der Waals surface area contributed by atoms with Crippen LogP contribution in [0.3, 0.4) is 0 Å². The van der Waals surface area contributed by atoms with Crippen LogP contribution in [-0.2, 0) is 6.18 Å². The van der Waals surface area contributed by atoms with Crippen molar-refractivity contribution in [3.8, 4) is 11.5 Å². The van der Waals surface area contributed by atoms with Crippen LogP contribution in [0.5, 0.6) is 11.5 Å². The topological polar surface area (TPSA) is 95.5 Å². The van der Waals surface area contributed by atoms with Crippen LogP contribution in [-0.4, -0.2) is 9.85 Å². The molecule has 2 rings (SSSR count). The molecule has 0 fully saturated rings. The normalized spacial score (nSPS) is 11.2. The van der Waals surface area contributed by atoms with Gasteiger partial charge in [-0.2, -0.15) is 13.2 Å². The molecule has 0 bridgehead atoms. The van der Waals surface area contributed by atoms with Crippen LogP contribution in [0.25, 0.3) is 0 Å². The average Bonchev–Trinajstić information content (AvgIpc) is 2.48. The summed E-state index contributed by atoms with van der Waals surface area (Å²) in [4.78, 5) is 19.5. The molecule has 0 saturated carbocycles. The monoisotopic (exact) mass is 346 g/mol. The van der Waals surface area contributed by atoms with Crippen LogP contribution < -0.4 is 4.74 Å². The van der Waals surface area contributed by atoms with Crippen molar-refractivity contribution in [3.05, 3.63) is 68.0 Å². The third-order valence-corrected chi connectivity index (χ3v) is 2.80. The predicted octanol–water partition coefficient (Wildman–Crippen LogP) is 4.45. The Morgan fingerprint density at radius 2 is 1.38 bits per heavy atom. The van der Waals surface area contributed by atoms with Crippen LogP contribution in [0, 0.1) is 26.0 Å². The lowest BCUT2D eigenvalue weighted by Gasteiger charge is -2.10. The van der Waals surface area contributed by atoms with Gasteiger partial charge in [0.25, 0.3) is 5.75 Å². The quantitative estimate of drug-likeness (QED) is 0.463. The van der Waals surface area contributed by atoms with Crippen molar-refractivity contribution in [3.63, 3.8) is 0 Å². The van der Waals surface area contributed by atoms with Gasteiger partial charge in [-0.05, 0) is 24.3 Å². The second-order valence-corrected chi connectivity index (χ2v) is 4.41. The molecule has 24 heavy (non-hydrogen) atoms. The first-order valence-corrected chi connectivity index (χ1v) is 6.07. The Morgan fingerprint density at radius 1 is 0.917 bits per heavy atom. The predicted molar refractivity (Wildman–Crippen MR) is 71.2 cm³/mol. The van der Waals surface area contributed by atoms with Crippen molar-refractivity contribution in [1.29, 1.82) is 0 Å². The van der Waals surface area contributed by atoms with Crippen LogP contribution >= 0.6 is 0 Å². The molecule has 126 valence electrons. The van der Waals surface area contributed by atoms with Crippen molar-refractivity contribution < 1.29 is 32.1 Å². The average molecular weight is 346 g/mol. The number of alkyl halides is 3. The molecule has 0 saturated heterocycles. The number of nitro groups is 2. The Morgan fingerprint density at radius 3 is 1.75 bits per heavy atom. The first-order valence-electron chi connectivity index (χ1n) is 6.07. The van der Waals surface area contributed by atoms with E-state index in [1.807, 2.05) is 0 Å². The van der Waals surface area contributed by atoms with E-state index < -0.39 is 44.5 Å². The number of ether oxygens (including phenoxy) is 1. The second kappa shape index (κ2) is 6.10. The molecular weight excluding hydrogens is 340 g/mol. The third-order valence-electron chi connectivity index (χ3n) is 2.80. The maximum atomic E-state index is 12.8. The zero-order chi connectivity index (χ0) is 18.1. The maximum Gasteiger partial charge on any atom is 0.416 e. The summed E-state index contributed by atoms with van der Waals surface area (Å²) in [5, 5.41) is 22.0. The fraction of sp³-hybridized carbons (Fsp3) is 0.0769. The van der Waals surface area contributed by atoms with E-state index in [4.69, 9.17) is 4.74 Å². The molecule has 0 amide bonds. The Hall–Kier alpha value is -3.24. The van der Waals surface area contributed by atoms with E-state index in [1.54, 1.807) is 0 Å². The first-order chi connectivity index (χ1) is 11.1. The largest absolute Gasteiger partial charge is 0.444 e. The van der Waals surface area contributed by atoms with E-state index >= 15 is 0 Å². The number of halogens is 4. The van der Waals surface area contributed by atoms with Crippen molar-refractivity contribution in [2.45, 2.75) is 6.18 Å². The van der Waals surface area contributed by atoms with E-state index in [-0.39, 0.29) is 17.9 Å². The molecule has 0 unspecified atom stereocenters. The van der Waals surface area contributed by atoms with Gasteiger partial charge in [0.1, 0.15) is 11.6 Å². The van der Waals surface area contributed by atoms with Gasteiger partial charge in [-0.15, -0.1) is 0 Å². The molecule has 0 heterocycles. The summed E-state index contributed by atoms with van der Waals surface area (Å²) >= 11 is 0. The number of hydrogen-bond donors (Lipinski definition) is 0. The highest BCUT2D eigenvalue weighted by Crippen LogP contribution is 2.44. The Bertz CT molecular complexity index is 770. The number of nitrogens with zero attached hydrogens (tertiary/aromatic N) is 2.